The lowest BCUT2D eigenvalue weighted by Crippen LogP contribution is -2.42. The highest BCUT2D eigenvalue weighted by atomic mass is 19.4. The quantitative estimate of drug-likeness (QED) is 0.429. The number of pyridine rings is 1. The van der Waals surface area contributed by atoms with Gasteiger partial charge in [0.2, 0.25) is 0 Å². The standard InChI is InChI=1S/C28H29F3N4O/c1-16(2)35-15-32-14-22(35)17-7-6-8-18(9-17)27(5)20-10-19(28(29,30)31)13-33-25(20)34-21-11-26(3,4)12-23(36)24(21)27/h6-10,13-16H,11-12H2,1-5H3,(H,33,34)/t27-/m0/s1. The third-order valence-corrected chi connectivity index (χ3v) is 7.36. The van der Waals surface area contributed by atoms with Crippen LogP contribution in [0.25, 0.3) is 11.3 Å². The Morgan fingerprint density at radius 1 is 1.08 bits per heavy atom. The highest BCUT2D eigenvalue weighted by Crippen LogP contribution is 2.53. The maximum atomic E-state index is 13.7. The third-order valence-electron chi connectivity index (χ3n) is 7.36. The summed E-state index contributed by atoms with van der Waals surface area (Å²) in [6.07, 6.45) is 0.768. The molecule has 5 rings (SSSR count). The zero-order chi connectivity index (χ0) is 26.0. The molecule has 2 aliphatic rings. The van der Waals surface area contributed by atoms with E-state index < -0.39 is 17.2 Å². The van der Waals surface area contributed by atoms with Crippen LogP contribution in [0.2, 0.25) is 0 Å². The average molecular weight is 495 g/mol. The van der Waals surface area contributed by atoms with Gasteiger partial charge >= 0.3 is 6.18 Å². The van der Waals surface area contributed by atoms with E-state index in [1.807, 2.05) is 49.6 Å². The van der Waals surface area contributed by atoms with Crippen molar-refractivity contribution in [2.45, 2.75) is 65.1 Å². The van der Waals surface area contributed by atoms with Gasteiger partial charge in [-0.05, 0) is 50.3 Å². The minimum absolute atomic E-state index is 0.0584. The number of alkyl halides is 3. The number of benzene rings is 1. The molecule has 0 saturated carbocycles. The number of halogens is 3. The molecule has 1 aliphatic carbocycles. The Kier molecular flexibility index (Phi) is 5.43. The minimum Gasteiger partial charge on any atom is -0.343 e. The van der Waals surface area contributed by atoms with E-state index >= 15 is 0 Å². The summed E-state index contributed by atoms with van der Waals surface area (Å²) in [6.45, 7) is 10.0. The summed E-state index contributed by atoms with van der Waals surface area (Å²) >= 11 is 0. The number of hydrogen-bond acceptors (Lipinski definition) is 4. The number of ketones is 1. The SMILES string of the molecule is CC(C)n1cncc1-c1cccc([C@]2(C)C3=C(CC(C)(C)CC3=O)Nc3ncc(C(F)(F)F)cc32)c1. The summed E-state index contributed by atoms with van der Waals surface area (Å²) in [5.74, 6) is 0.296. The second kappa shape index (κ2) is 8.05. The number of nitrogens with one attached hydrogen (secondary N) is 1. The molecule has 1 N–H and O–H groups in total. The molecule has 3 heterocycles. The van der Waals surface area contributed by atoms with Crippen molar-refractivity contribution < 1.29 is 18.0 Å². The molecule has 5 nitrogen and oxygen atoms in total. The first kappa shape index (κ1) is 24.3. The van der Waals surface area contributed by atoms with Crippen molar-refractivity contribution in [3.63, 3.8) is 0 Å². The molecule has 3 aromatic rings. The van der Waals surface area contributed by atoms with Crippen molar-refractivity contribution in [1.82, 2.24) is 14.5 Å². The van der Waals surface area contributed by atoms with Crippen LogP contribution in [0, 0.1) is 5.41 Å². The molecular weight excluding hydrogens is 465 g/mol. The first-order valence-corrected chi connectivity index (χ1v) is 12.1. The van der Waals surface area contributed by atoms with Crippen LogP contribution in [0.1, 0.15) is 70.2 Å². The van der Waals surface area contributed by atoms with Gasteiger partial charge in [0.1, 0.15) is 5.82 Å². The molecule has 0 unspecified atom stereocenters. The molecule has 36 heavy (non-hydrogen) atoms. The normalized spacial score (nSPS) is 21.3. The molecule has 188 valence electrons. The molecule has 8 heteroatoms. The van der Waals surface area contributed by atoms with Gasteiger partial charge in [0.05, 0.1) is 29.2 Å². The summed E-state index contributed by atoms with van der Waals surface area (Å²) < 4.78 is 43.3. The Balaban J connectivity index is 1.77. The highest BCUT2D eigenvalue weighted by Gasteiger charge is 2.49. The molecule has 1 aromatic carbocycles. The van der Waals surface area contributed by atoms with Crippen LogP contribution >= 0.6 is 0 Å². The maximum absolute atomic E-state index is 13.7. The molecule has 0 amide bonds. The van der Waals surface area contributed by atoms with Crippen LogP contribution in [-0.4, -0.2) is 20.3 Å². The van der Waals surface area contributed by atoms with Gasteiger partial charge in [0.15, 0.2) is 5.78 Å². The number of fused-ring (bicyclic) bond motifs is 1. The lowest BCUT2D eigenvalue weighted by molar-refractivity contribution is -0.137. The van der Waals surface area contributed by atoms with Crippen LogP contribution < -0.4 is 5.32 Å². The summed E-state index contributed by atoms with van der Waals surface area (Å²) in [5, 5.41) is 3.22. The lowest BCUT2D eigenvalue weighted by atomic mass is 9.61. The zero-order valence-corrected chi connectivity index (χ0v) is 21.0. The minimum atomic E-state index is -4.55. The molecule has 0 saturated heterocycles. The number of allylic oxidation sites excluding steroid dienone is 2. The van der Waals surface area contributed by atoms with E-state index in [4.69, 9.17) is 0 Å². The predicted octanol–water partition coefficient (Wildman–Crippen LogP) is 6.92. The average Bonchev–Trinajstić information content (AvgIpc) is 3.27. The molecule has 0 radical (unpaired) electrons. The van der Waals surface area contributed by atoms with E-state index in [0.717, 1.165) is 34.8 Å². The third kappa shape index (κ3) is 3.83. The number of rotatable bonds is 3. The van der Waals surface area contributed by atoms with E-state index in [9.17, 15) is 18.0 Å². The predicted molar refractivity (Wildman–Crippen MR) is 132 cm³/mol. The molecule has 0 spiro atoms. The molecule has 0 bridgehead atoms. The van der Waals surface area contributed by atoms with Gasteiger partial charge in [-0.25, -0.2) is 9.97 Å². The molecular formula is C28H29F3N4O. The van der Waals surface area contributed by atoms with E-state index in [0.29, 0.717) is 29.8 Å². The van der Waals surface area contributed by atoms with E-state index in [2.05, 4.69) is 29.1 Å². The molecule has 1 aliphatic heterocycles. The molecule has 0 fully saturated rings. The molecule has 2 aromatic heterocycles. The van der Waals surface area contributed by atoms with Gasteiger partial charge in [0, 0.05) is 41.1 Å². The molecule has 1 atom stereocenters. The number of imidazole rings is 1. The van der Waals surface area contributed by atoms with Gasteiger partial charge in [-0.1, -0.05) is 32.0 Å². The van der Waals surface area contributed by atoms with Crippen molar-refractivity contribution in [1.29, 1.82) is 0 Å². The first-order valence-electron chi connectivity index (χ1n) is 12.1. The number of Topliss-reactive ketones (excluding diaryl/α,β-unsaturated/α-hetero) is 1. The van der Waals surface area contributed by atoms with Crippen molar-refractivity contribution in [2.75, 3.05) is 5.32 Å². The van der Waals surface area contributed by atoms with Gasteiger partial charge in [-0.3, -0.25) is 4.79 Å². The summed E-state index contributed by atoms with van der Waals surface area (Å²) in [6, 6.07) is 8.99. The summed E-state index contributed by atoms with van der Waals surface area (Å²) in [5.41, 5.74) is 1.90. The zero-order valence-electron chi connectivity index (χ0n) is 21.0. The first-order chi connectivity index (χ1) is 16.8. The topological polar surface area (TPSA) is 59.8 Å². The van der Waals surface area contributed by atoms with Gasteiger partial charge in [0.25, 0.3) is 0 Å². The Labute approximate surface area is 208 Å². The monoisotopic (exact) mass is 494 g/mol. The summed E-state index contributed by atoms with van der Waals surface area (Å²) in [7, 11) is 0. The van der Waals surface area contributed by atoms with E-state index in [-0.39, 0.29) is 17.2 Å². The smallest absolute Gasteiger partial charge is 0.343 e. The van der Waals surface area contributed by atoms with Gasteiger partial charge in [-0.15, -0.1) is 0 Å². The number of aromatic nitrogens is 3. The van der Waals surface area contributed by atoms with Crippen LogP contribution in [-0.2, 0) is 16.4 Å². The fourth-order valence-corrected chi connectivity index (χ4v) is 5.62. The van der Waals surface area contributed by atoms with Crippen molar-refractivity contribution >= 4 is 11.6 Å². The number of carbonyl (C=O) groups is 1. The fraction of sp³-hybridized carbons (Fsp3) is 0.393. The van der Waals surface area contributed by atoms with Crippen molar-refractivity contribution in [3.8, 4) is 11.3 Å². The Morgan fingerprint density at radius 2 is 1.83 bits per heavy atom. The second-order valence-corrected chi connectivity index (χ2v) is 11.0. The largest absolute Gasteiger partial charge is 0.417 e. The summed E-state index contributed by atoms with van der Waals surface area (Å²) in [4.78, 5) is 22.1. The Morgan fingerprint density at radius 3 is 2.53 bits per heavy atom. The number of nitrogens with zero attached hydrogens (tertiary/aromatic N) is 3. The van der Waals surface area contributed by atoms with E-state index in [1.165, 1.54) is 0 Å². The second-order valence-electron chi connectivity index (χ2n) is 11.0. The maximum Gasteiger partial charge on any atom is 0.417 e. The number of anilines is 1. The fourth-order valence-electron chi connectivity index (χ4n) is 5.62. The van der Waals surface area contributed by atoms with Crippen molar-refractivity contribution in [3.05, 3.63) is 77.0 Å². The van der Waals surface area contributed by atoms with E-state index in [1.54, 1.807) is 12.5 Å². The Bertz CT molecular complexity index is 1400. The van der Waals surface area contributed by atoms with Crippen LogP contribution in [0.3, 0.4) is 0 Å². The van der Waals surface area contributed by atoms with Crippen molar-refractivity contribution in [2.24, 2.45) is 5.41 Å². The Hall–Kier alpha value is -3.42. The van der Waals surface area contributed by atoms with Crippen LogP contribution in [0.4, 0.5) is 19.0 Å². The van der Waals surface area contributed by atoms with Crippen LogP contribution in [0.15, 0.2) is 60.3 Å². The van der Waals surface area contributed by atoms with Gasteiger partial charge < -0.3 is 9.88 Å². The van der Waals surface area contributed by atoms with Gasteiger partial charge in [-0.2, -0.15) is 13.2 Å². The lowest BCUT2D eigenvalue weighted by Gasteiger charge is -2.44. The number of carbonyl (C=O) groups excluding carboxylic acids is 1. The highest BCUT2D eigenvalue weighted by molar-refractivity contribution is 6.02. The number of hydrogen-bond donors (Lipinski definition) is 1. The van der Waals surface area contributed by atoms with Crippen LogP contribution in [0.5, 0.6) is 0 Å².